The van der Waals surface area contributed by atoms with Crippen LogP contribution < -0.4 is 16.2 Å². The normalized spacial score (nSPS) is 19.4. The second kappa shape index (κ2) is 5.10. The van der Waals surface area contributed by atoms with Crippen molar-refractivity contribution in [3.63, 3.8) is 0 Å². The van der Waals surface area contributed by atoms with Crippen LogP contribution in [0.2, 0.25) is 0 Å². The Morgan fingerprint density at radius 2 is 2.40 bits per heavy atom. The van der Waals surface area contributed by atoms with Crippen LogP contribution in [0.1, 0.15) is 0 Å². The van der Waals surface area contributed by atoms with Gasteiger partial charge in [0.1, 0.15) is 0 Å². The summed E-state index contributed by atoms with van der Waals surface area (Å²) in [6.07, 6.45) is 1.37. The van der Waals surface area contributed by atoms with E-state index in [1.807, 2.05) is 4.90 Å². The molecule has 7 nitrogen and oxygen atoms in total. The predicted octanol–water partition coefficient (Wildman–Crippen LogP) is -0.297. The first-order valence-corrected chi connectivity index (χ1v) is 6.43. The number of nitrogens with one attached hydrogen (secondary N) is 1. The smallest absolute Gasteiger partial charge is 0.258 e. The zero-order valence-corrected chi connectivity index (χ0v) is 10.9. The van der Waals surface area contributed by atoms with Gasteiger partial charge >= 0.3 is 0 Å². The quantitative estimate of drug-likeness (QED) is 0.651. The number of anilines is 2. The average Bonchev–Trinajstić information content (AvgIpc) is 2.48. The third-order valence-electron chi connectivity index (χ3n) is 3.54. The Balaban J connectivity index is 2.11. The fourth-order valence-corrected chi connectivity index (χ4v) is 2.49. The van der Waals surface area contributed by atoms with Gasteiger partial charge in [-0.25, -0.2) is 4.98 Å². The zero-order chi connectivity index (χ0) is 14.1. The molecule has 0 amide bonds. The fourth-order valence-electron chi connectivity index (χ4n) is 2.49. The first-order valence-electron chi connectivity index (χ1n) is 6.43. The molecule has 1 aliphatic rings. The van der Waals surface area contributed by atoms with Gasteiger partial charge in [-0.15, -0.1) is 0 Å². The first-order chi connectivity index (χ1) is 9.70. The lowest BCUT2D eigenvalue weighted by atomic mass is 10.1. The molecule has 7 heteroatoms. The number of aliphatic hydroxyl groups is 1. The summed E-state index contributed by atoms with van der Waals surface area (Å²) in [6, 6.07) is 3.28. The lowest BCUT2D eigenvalue weighted by Gasteiger charge is -2.37. The summed E-state index contributed by atoms with van der Waals surface area (Å²) >= 11 is 0. The van der Waals surface area contributed by atoms with E-state index in [9.17, 15) is 9.90 Å². The Bertz CT molecular complexity index is 685. The number of nitrogens with two attached hydrogens (primary N) is 1. The van der Waals surface area contributed by atoms with Crippen molar-refractivity contribution in [3.05, 3.63) is 28.8 Å². The summed E-state index contributed by atoms with van der Waals surface area (Å²) in [7, 11) is 0. The molecule has 1 aromatic heterocycles. The maximum absolute atomic E-state index is 11.7. The minimum atomic E-state index is -0.214. The number of H-pyrrole nitrogens is 1. The molecule has 0 aliphatic carbocycles. The number of hydrogen-bond donors (Lipinski definition) is 3. The number of nitrogens with zero attached hydrogens (tertiary/aromatic N) is 2. The van der Waals surface area contributed by atoms with Crippen molar-refractivity contribution in [1.82, 2.24) is 9.97 Å². The van der Waals surface area contributed by atoms with Crippen LogP contribution in [0, 0.1) is 0 Å². The molecule has 1 unspecified atom stereocenters. The standard InChI is InChI=1S/C13H16N4O3/c14-10-3-9-11(15-7-16-13(9)19)4-12(10)17-1-2-20-6-8(17)5-18/h3-4,7-8,18H,1-2,5-6,14H2,(H,15,16,19). The van der Waals surface area contributed by atoms with Gasteiger partial charge in [0.25, 0.3) is 5.56 Å². The number of fused-ring (bicyclic) bond motifs is 1. The second-order valence-electron chi connectivity index (χ2n) is 4.76. The Hall–Kier alpha value is -2.12. The maximum Gasteiger partial charge on any atom is 0.258 e. The van der Waals surface area contributed by atoms with Crippen LogP contribution in [0.15, 0.2) is 23.3 Å². The Labute approximate surface area is 115 Å². The van der Waals surface area contributed by atoms with Gasteiger partial charge in [0.15, 0.2) is 0 Å². The molecule has 2 aromatic rings. The minimum Gasteiger partial charge on any atom is -0.397 e. The molecule has 4 N–H and O–H groups in total. The lowest BCUT2D eigenvalue weighted by Crippen LogP contribution is -2.48. The van der Waals surface area contributed by atoms with Gasteiger partial charge in [-0.2, -0.15) is 0 Å². The van der Waals surface area contributed by atoms with E-state index in [-0.39, 0.29) is 18.2 Å². The van der Waals surface area contributed by atoms with E-state index in [2.05, 4.69) is 9.97 Å². The molecule has 1 fully saturated rings. The fraction of sp³-hybridized carbons (Fsp3) is 0.385. The number of rotatable bonds is 2. The third kappa shape index (κ3) is 2.10. The summed E-state index contributed by atoms with van der Waals surface area (Å²) in [5.41, 5.74) is 7.70. The predicted molar refractivity (Wildman–Crippen MR) is 75.8 cm³/mol. The number of ether oxygens (including phenoxy) is 1. The van der Waals surface area contributed by atoms with Crippen LogP contribution in [0.25, 0.3) is 10.9 Å². The molecule has 1 aliphatic heterocycles. The number of aliphatic hydroxyl groups excluding tert-OH is 1. The Morgan fingerprint density at radius 3 is 3.20 bits per heavy atom. The average molecular weight is 276 g/mol. The van der Waals surface area contributed by atoms with E-state index in [1.165, 1.54) is 6.33 Å². The van der Waals surface area contributed by atoms with Crippen molar-refractivity contribution in [3.8, 4) is 0 Å². The van der Waals surface area contributed by atoms with Gasteiger partial charge in [-0.1, -0.05) is 0 Å². The largest absolute Gasteiger partial charge is 0.397 e. The summed E-state index contributed by atoms with van der Waals surface area (Å²) in [4.78, 5) is 20.4. The van der Waals surface area contributed by atoms with E-state index in [4.69, 9.17) is 10.5 Å². The maximum atomic E-state index is 11.7. The molecule has 3 rings (SSSR count). The van der Waals surface area contributed by atoms with Crippen LogP contribution in [0.5, 0.6) is 0 Å². The van der Waals surface area contributed by atoms with Crippen LogP contribution in [0.3, 0.4) is 0 Å². The Kier molecular flexibility index (Phi) is 3.29. The number of nitrogen functional groups attached to an aromatic ring is 1. The molecule has 0 saturated carbocycles. The molecule has 1 atom stereocenters. The van der Waals surface area contributed by atoms with Crippen molar-refractivity contribution in [2.45, 2.75) is 6.04 Å². The number of hydrogen-bond acceptors (Lipinski definition) is 6. The van der Waals surface area contributed by atoms with E-state index < -0.39 is 0 Å². The molecule has 0 bridgehead atoms. The molecule has 1 aromatic carbocycles. The summed E-state index contributed by atoms with van der Waals surface area (Å²) in [5.74, 6) is 0. The summed E-state index contributed by atoms with van der Waals surface area (Å²) in [5, 5.41) is 9.90. The van der Waals surface area contributed by atoms with E-state index >= 15 is 0 Å². The first kappa shape index (κ1) is 12.9. The molecule has 2 heterocycles. The van der Waals surface area contributed by atoms with E-state index in [0.29, 0.717) is 36.3 Å². The highest BCUT2D eigenvalue weighted by atomic mass is 16.5. The molecule has 1 saturated heterocycles. The van der Waals surface area contributed by atoms with E-state index in [0.717, 1.165) is 5.69 Å². The van der Waals surface area contributed by atoms with Gasteiger partial charge < -0.3 is 25.5 Å². The van der Waals surface area contributed by atoms with Gasteiger partial charge in [0, 0.05) is 6.54 Å². The second-order valence-corrected chi connectivity index (χ2v) is 4.76. The number of aromatic amines is 1. The number of benzene rings is 1. The third-order valence-corrected chi connectivity index (χ3v) is 3.54. The van der Waals surface area contributed by atoms with Crippen molar-refractivity contribution in [1.29, 1.82) is 0 Å². The van der Waals surface area contributed by atoms with Crippen LogP contribution in [-0.4, -0.2) is 47.5 Å². The molecular formula is C13H16N4O3. The SMILES string of the molecule is Nc1cc2c(=O)[nH]cnc2cc1N1CCOCC1CO. The molecule has 20 heavy (non-hydrogen) atoms. The number of aromatic nitrogens is 2. The van der Waals surface area contributed by atoms with Gasteiger partial charge in [0.05, 0.1) is 54.5 Å². The van der Waals surface area contributed by atoms with Crippen LogP contribution in [-0.2, 0) is 4.74 Å². The van der Waals surface area contributed by atoms with Gasteiger partial charge in [-0.05, 0) is 12.1 Å². The molecule has 0 radical (unpaired) electrons. The van der Waals surface area contributed by atoms with Crippen LogP contribution in [0.4, 0.5) is 11.4 Å². The van der Waals surface area contributed by atoms with Gasteiger partial charge in [-0.3, -0.25) is 4.79 Å². The monoisotopic (exact) mass is 276 g/mol. The molecular weight excluding hydrogens is 260 g/mol. The van der Waals surface area contributed by atoms with Gasteiger partial charge in [0.2, 0.25) is 0 Å². The minimum absolute atomic E-state index is 0.0136. The van der Waals surface area contributed by atoms with Crippen molar-refractivity contribution in [2.75, 3.05) is 37.0 Å². The molecule has 0 spiro atoms. The highest BCUT2D eigenvalue weighted by Crippen LogP contribution is 2.29. The van der Waals surface area contributed by atoms with Crippen molar-refractivity contribution >= 4 is 22.3 Å². The van der Waals surface area contributed by atoms with Crippen molar-refractivity contribution in [2.24, 2.45) is 0 Å². The number of morpholine rings is 1. The summed E-state index contributed by atoms with van der Waals surface area (Å²) < 4.78 is 5.36. The zero-order valence-electron chi connectivity index (χ0n) is 10.9. The van der Waals surface area contributed by atoms with Crippen molar-refractivity contribution < 1.29 is 9.84 Å². The molecule has 106 valence electrons. The highest BCUT2D eigenvalue weighted by Gasteiger charge is 2.24. The summed E-state index contributed by atoms with van der Waals surface area (Å²) in [6.45, 7) is 1.66. The lowest BCUT2D eigenvalue weighted by molar-refractivity contribution is 0.0728. The van der Waals surface area contributed by atoms with E-state index in [1.54, 1.807) is 12.1 Å². The van der Waals surface area contributed by atoms with Crippen LogP contribution >= 0.6 is 0 Å². The topological polar surface area (TPSA) is 104 Å². The highest BCUT2D eigenvalue weighted by molar-refractivity contribution is 5.88. The Morgan fingerprint density at radius 1 is 1.55 bits per heavy atom.